The van der Waals surface area contributed by atoms with Gasteiger partial charge in [0.05, 0.1) is 0 Å². The fourth-order valence-electron chi connectivity index (χ4n) is 2.49. The van der Waals surface area contributed by atoms with Gasteiger partial charge in [-0.25, -0.2) is 0 Å². The van der Waals surface area contributed by atoms with Crippen LogP contribution in [0.4, 0.5) is 0 Å². The minimum atomic E-state index is 0.129. The van der Waals surface area contributed by atoms with Gasteiger partial charge in [0.2, 0.25) is 0 Å². The normalized spacial score (nSPS) is 14.3. The van der Waals surface area contributed by atoms with E-state index in [2.05, 4.69) is 25.2 Å². The number of nitrogens with one attached hydrogen (secondary N) is 1. The van der Waals surface area contributed by atoms with Crippen molar-refractivity contribution in [3.8, 4) is 0 Å². The van der Waals surface area contributed by atoms with Crippen LogP contribution in [0.5, 0.6) is 0 Å². The Bertz CT molecular complexity index is 607. The highest BCUT2D eigenvalue weighted by molar-refractivity contribution is 6.35. The third kappa shape index (κ3) is 3.38. The second kappa shape index (κ2) is 6.21. The molecule has 0 saturated carbocycles. The Labute approximate surface area is 130 Å². The molecule has 1 heterocycles. The van der Waals surface area contributed by atoms with E-state index in [1.807, 2.05) is 26.0 Å². The molecule has 0 amide bonds. The minimum absolute atomic E-state index is 0.129. The number of benzene rings is 1. The van der Waals surface area contributed by atoms with Crippen LogP contribution in [0.1, 0.15) is 48.6 Å². The van der Waals surface area contributed by atoms with Gasteiger partial charge in [0.15, 0.2) is 0 Å². The molecule has 1 aromatic carbocycles. The van der Waals surface area contributed by atoms with E-state index in [0.29, 0.717) is 10.0 Å². The van der Waals surface area contributed by atoms with Crippen LogP contribution in [0, 0.1) is 13.8 Å². The molecule has 0 fully saturated rings. The number of hydrogen-bond donors (Lipinski definition) is 1. The molecule has 20 heavy (non-hydrogen) atoms. The van der Waals surface area contributed by atoms with Crippen molar-refractivity contribution in [1.82, 2.24) is 5.32 Å². The van der Waals surface area contributed by atoms with Crippen LogP contribution in [-0.2, 0) is 0 Å². The molecule has 2 nitrogen and oxygen atoms in total. The summed E-state index contributed by atoms with van der Waals surface area (Å²) in [7, 11) is 0. The second-order valence-electron chi connectivity index (χ2n) is 5.14. The number of rotatable bonds is 4. The molecule has 0 aliphatic rings. The quantitative estimate of drug-likeness (QED) is 0.793. The fraction of sp³-hybridized carbons (Fsp3) is 0.375. The zero-order chi connectivity index (χ0) is 14.9. The first kappa shape index (κ1) is 15.4. The van der Waals surface area contributed by atoms with E-state index in [9.17, 15) is 0 Å². The monoisotopic (exact) mass is 311 g/mol. The van der Waals surface area contributed by atoms with Gasteiger partial charge >= 0.3 is 0 Å². The fourth-order valence-corrected chi connectivity index (χ4v) is 3.06. The molecule has 0 spiro atoms. The third-order valence-electron chi connectivity index (χ3n) is 3.47. The van der Waals surface area contributed by atoms with Crippen molar-refractivity contribution in [2.75, 3.05) is 0 Å². The molecule has 1 N–H and O–H groups in total. The average Bonchev–Trinajstić information content (AvgIpc) is 2.68. The van der Waals surface area contributed by atoms with Gasteiger partial charge in [-0.3, -0.25) is 0 Å². The van der Waals surface area contributed by atoms with Crippen LogP contribution in [0.15, 0.2) is 28.7 Å². The van der Waals surface area contributed by atoms with Gasteiger partial charge in [-0.1, -0.05) is 29.3 Å². The van der Waals surface area contributed by atoms with Crippen LogP contribution in [0.2, 0.25) is 10.0 Å². The lowest BCUT2D eigenvalue weighted by Crippen LogP contribution is -2.22. The van der Waals surface area contributed by atoms with E-state index < -0.39 is 0 Å². The van der Waals surface area contributed by atoms with Crippen molar-refractivity contribution >= 4 is 23.2 Å². The van der Waals surface area contributed by atoms with E-state index in [4.69, 9.17) is 27.6 Å². The maximum Gasteiger partial charge on any atom is 0.105 e. The zero-order valence-electron chi connectivity index (χ0n) is 12.1. The van der Waals surface area contributed by atoms with Gasteiger partial charge in [0, 0.05) is 27.7 Å². The molecule has 2 unspecified atom stereocenters. The Morgan fingerprint density at radius 3 is 2.20 bits per heavy atom. The highest BCUT2D eigenvalue weighted by Gasteiger charge is 2.17. The Kier molecular flexibility index (Phi) is 4.79. The molecule has 4 heteroatoms. The predicted octanol–water partition coefficient (Wildman–Crippen LogP) is 5.62. The lowest BCUT2D eigenvalue weighted by molar-refractivity contribution is 0.469. The molecule has 0 aliphatic carbocycles. The summed E-state index contributed by atoms with van der Waals surface area (Å²) in [6.45, 7) is 8.16. The smallest absolute Gasteiger partial charge is 0.105 e. The van der Waals surface area contributed by atoms with Crippen LogP contribution >= 0.6 is 23.2 Å². The van der Waals surface area contributed by atoms with Crippen LogP contribution < -0.4 is 5.32 Å². The van der Waals surface area contributed by atoms with E-state index >= 15 is 0 Å². The van der Waals surface area contributed by atoms with Crippen LogP contribution in [-0.4, -0.2) is 0 Å². The number of halogens is 2. The highest BCUT2D eigenvalue weighted by Crippen LogP contribution is 2.29. The van der Waals surface area contributed by atoms with Crippen molar-refractivity contribution in [1.29, 1.82) is 0 Å². The second-order valence-corrected chi connectivity index (χ2v) is 5.99. The molecule has 2 rings (SSSR count). The Balaban J connectivity index is 2.14. The molecule has 0 bridgehead atoms. The van der Waals surface area contributed by atoms with Gasteiger partial charge in [-0.05, 0) is 51.5 Å². The summed E-state index contributed by atoms with van der Waals surface area (Å²) in [4.78, 5) is 0. The largest absolute Gasteiger partial charge is 0.466 e. The summed E-state index contributed by atoms with van der Waals surface area (Å²) in [6, 6.07) is 7.98. The number of hydrogen-bond acceptors (Lipinski definition) is 2. The molecule has 2 aromatic rings. The van der Waals surface area contributed by atoms with E-state index in [1.54, 1.807) is 6.07 Å². The SMILES string of the molecule is Cc1cc(C(C)NC(C)c2ccc(Cl)cc2Cl)c(C)o1. The molecular weight excluding hydrogens is 293 g/mol. The highest BCUT2D eigenvalue weighted by atomic mass is 35.5. The topological polar surface area (TPSA) is 25.2 Å². The van der Waals surface area contributed by atoms with Gasteiger partial charge < -0.3 is 9.73 Å². The van der Waals surface area contributed by atoms with Gasteiger partial charge in [-0.2, -0.15) is 0 Å². The lowest BCUT2D eigenvalue weighted by Gasteiger charge is -2.21. The maximum atomic E-state index is 6.25. The number of aryl methyl sites for hydroxylation is 2. The third-order valence-corrected chi connectivity index (χ3v) is 4.04. The Morgan fingerprint density at radius 2 is 1.65 bits per heavy atom. The Hall–Kier alpha value is -0.960. The Morgan fingerprint density at radius 1 is 1.00 bits per heavy atom. The number of furan rings is 1. The van der Waals surface area contributed by atoms with Crippen molar-refractivity contribution in [2.45, 2.75) is 39.8 Å². The summed E-state index contributed by atoms with van der Waals surface area (Å²) >= 11 is 12.2. The summed E-state index contributed by atoms with van der Waals surface area (Å²) < 4.78 is 5.58. The predicted molar refractivity (Wildman–Crippen MR) is 84.6 cm³/mol. The first-order chi connectivity index (χ1) is 9.38. The molecule has 108 valence electrons. The van der Waals surface area contributed by atoms with Crippen molar-refractivity contribution in [3.05, 3.63) is 57.0 Å². The van der Waals surface area contributed by atoms with Crippen LogP contribution in [0.3, 0.4) is 0 Å². The molecule has 0 aliphatic heterocycles. The molecular formula is C16H19Cl2NO. The van der Waals surface area contributed by atoms with Crippen molar-refractivity contribution in [3.63, 3.8) is 0 Å². The summed E-state index contributed by atoms with van der Waals surface area (Å²) in [5.74, 6) is 1.89. The van der Waals surface area contributed by atoms with Crippen LogP contribution in [0.25, 0.3) is 0 Å². The standard InChI is InChI=1S/C16H19Cl2NO/c1-9-7-15(12(4)20-9)11(3)19-10(2)14-6-5-13(17)8-16(14)18/h5-8,10-11,19H,1-4H3. The van der Waals surface area contributed by atoms with Gasteiger partial charge in [0.25, 0.3) is 0 Å². The zero-order valence-corrected chi connectivity index (χ0v) is 13.6. The van der Waals surface area contributed by atoms with E-state index in [1.165, 1.54) is 5.56 Å². The van der Waals surface area contributed by atoms with Gasteiger partial charge in [-0.15, -0.1) is 0 Å². The minimum Gasteiger partial charge on any atom is -0.466 e. The van der Waals surface area contributed by atoms with E-state index in [0.717, 1.165) is 17.1 Å². The maximum absolute atomic E-state index is 6.25. The first-order valence-electron chi connectivity index (χ1n) is 6.66. The van der Waals surface area contributed by atoms with Crippen molar-refractivity contribution in [2.24, 2.45) is 0 Å². The molecule has 1 aromatic heterocycles. The summed E-state index contributed by atoms with van der Waals surface area (Å²) in [5.41, 5.74) is 2.22. The molecule has 2 atom stereocenters. The average molecular weight is 312 g/mol. The van der Waals surface area contributed by atoms with Gasteiger partial charge in [0.1, 0.15) is 11.5 Å². The summed E-state index contributed by atoms with van der Waals surface area (Å²) in [5, 5.41) is 4.88. The van der Waals surface area contributed by atoms with E-state index in [-0.39, 0.29) is 12.1 Å². The summed E-state index contributed by atoms with van der Waals surface area (Å²) in [6.07, 6.45) is 0. The lowest BCUT2D eigenvalue weighted by atomic mass is 10.0. The first-order valence-corrected chi connectivity index (χ1v) is 7.42. The molecule has 0 saturated heterocycles. The molecule has 0 radical (unpaired) electrons. The van der Waals surface area contributed by atoms with Crippen molar-refractivity contribution < 1.29 is 4.42 Å².